The Hall–Kier alpha value is -1.06. The van der Waals surface area contributed by atoms with Crippen molar-refractivity contribution in [3.63, 3.8) is 0 Å². The van der Waals surface area contributed by atoms with Gasteiger partial charge in [0, 0.05) is 19.1 Å². The van der Waals surface area contributed by atoms with Crippen LogP contribution in [0.5, 0.6) is 5.75 Å². The molecular weight excluding hydrogens is 262 g/mol. The van der Waals surface area contributed by atoms with Crippen molar-refractivity contribution in [2.24, 2.45) is 0 Å². The third kappa shape index (κ3) is 6.49. The summed E-state index contributed by atoms with van der Waals surface area (Å²) < 4.78 is 5.85. The van der Waals surface area contributed by atoms with Crippen LogP contribution in [0, 0.1) is 13.8 Å². The molecule has 0 unspecified atom stereocenters. The standard InChI is InChI=1S/C18H31NO2/c1-5-17(6-2)19(9-10-20)8-7-11-21-18-13-15(3)12-16(4)14-18/h12-14,17,20H,5-11H2,1-4H3. The van der Waals surface area contributed by atoms with E-state index < -0.39 is 0 Å². The summed E-state index contributed by atoms with van der Waals surface area (Å²) in [5.74, 6) is 0.962. The smallest absolute Gasteiger partial charge is 0.119 e. The summed E-state index contributed by atoms with van der Waals surface area (Å²) in [6.07, 6.45) is 3.26. The van der Waals surface area contributed by atoms with Crippen molar-refractivity contribution in [1.82, 2.24) is 4.90 Å². The normalized spacial score (nSPS) is 11.4. The van der Waals surface area contributed by atoms with E-state index in [2.05, 4.69) is 50.8 Å². The first kappa shape index (κ1) is 18.0. The monoisotopic (exact) mass is 293 g/mol. The summed E-state index contributed by atoms with van der Waals surface area (Å²) >= 11 is 0. The molecule has 0 aliphatic carbocycles. The van der Waals surface area contributed by atoms with Gasteiger partial charge >= 0.3 is 0 Å². The van der Waals surface area contributed by atoms with E-state index in [4.69, 9.17) is 4.74 Å². The van der Waals surface area contributed by atoms with E-state index in [-0.39, 0.29) is 6.61 Å². The summed E-state index contributed by atoms with van der Waals surface area (Å²) in [5, 5.41) is 9.20. The summed E-state index contributed by atoms with van der Waals surface area (Å²) in [5.41, 5.74) is 2.48. The molecule has 0 atom stereocenters. The SMILES string of the molecule is CCC(CC)N(CCO)CCCOc1cc(C)cc(C)c1. The second-order valence-corrected chi connectivity index (χ2v) is 5.76. The Bertz CT molecular complexity index is 382. The van der Waals surface area contributed by atoms with Crippen LogP contribution in [-0.4, -0.2) is 42.4 Å². The lowest BCUT2D eigenvalue weighted by atomic mass is 10.1. The van der Waals surface area contributed by atoms with Gasteiger partial charge in [0.2, 0.25) is 0 Å². The van der Waals surface area contributed by atoms with Gasteiger partial charge in [0.15, 0.2) is 0 Å². The fraction of sp³-hybridized carbons (Fsp3) is 0.667. The van der Waals surface area contributed by atoms with Crippen LogP contribution in [0.2, 0.25) is 0 Å². The van der Waals surface area contributed by atoms with E-state index >= 15 is 0 Å². The molecule has 0 fully saturated rings. The minimum atomic E-state index is 0.231. The molecule has 0 saturated carbocycles. The van der Waals surface area contributed by atoms with Crippen LogP contribution in [-0.2, 0) is 0 Å². The van der Waals surface area contributed by atoms with Gasteiger partial charge in [-0.25, -0.2) is 0 Å². The Kier molecular flexibility index (Phi) is 8.40. The van der Waals surface area contributed by atoms with Crippen molar-refractivity contribution in [1.29, 1.82) is 0 Å². The molecule has 1 rings (SSSR count). The molecule has 0 heterocycles. The van der Waals surface area contributed by atoms with E-state index in [0.717, 1.165) is 44.7 Å². The lowest BCUT2D eigenvalue weighted by molar-refractivity contribution is 0.134. The summed E-state index contributed by atoms with van der Waals surface area (Å²) in [7, 11) is 0. The van der Waals surface area contributed by atoms with Gasteiger partial charge in [-0.2, -0.15) is 0 Å². The lowest BCUT2D eigenvalue weighted by Crippen LogP contribution is -2.37. The van der Waals surface area contributed by atoms with Crippen molar-refractivity contribution in [2.45, 2.75) is 53.0 Å². The minimum absolute atomic E-state index is 0.231. The number of aliphatic hydroxyl groups is 1. The van der Waals surface area contributed by atoms with Gasteiger partial charge in [0.05, 0.1) is 13.2 Å². The van der Waals surface area contributed by atoms with Gasteiger partial charge in [-0.3, -0.25) is 4.90 Å². The number of benzene rings is 1. The predicted molar refractivity (Wildman–Crippen MR) is 89.1 cm³/mol. The Morgan fingerprint density at radius 3 is 2.19 bits per heavy atom. The van der Waals surface area contributed by atoms with Crippen LogP contribution in [0.25, 0.3) is 0 Å². The molecule has 1 N–H and O–H groups in total. The van der Waals surface area contributed by atoms with Crippen molar-refractivity contribution >= 4 is 0 Å². The first-order valence-corrected chi connectivity index (χ1v) is 8.16. The topological polar surface area (TPSA) is 32.7 Å². The van der Waals surface area contributed by atoms with Crippen LogP contribution >= 0.6 is 0 Å². The first-order chi connectivity index (χ1) is 10.1. The maximum atomic E-state index is 9.20. The third-order valence-corrected chi connectivity index (χ3v) is 3.90. The first-order valence-electron chi connectivity index (χ1n) is 8.16. The molecule has 1 aromatic rings. The minimum Gasteiger partial charge on any atom is -0.494 e. The molecule has 1 aromatic carbocycles. The zero-order valence-electron chi connectivity index (χ0n) is 14.1. The van der Waals surface area contributed by atoms with Crippen molar-refractivity contribution in [3.8, 4) is 5.75 Å². The molecule has 0 aliphatic heterocycles. The zero-order chi connectivity index (χ0) is 15.7. The number of nitrogens with zero attached hydrogens (tertiary/aromatic N) is 1. The lowest BCUT2D eigenvalue weighted by Gasteiger charge is -2.29. The second-order valence-electron chi connectivity index (χ2n) is 5.76. The van der Waals surface area contributed by atoms with Gasteiger partial charge < -0.3 is 9.84 Å². The van der Waals surface area contributed by atoms with E-state index in [0.29, 0.717) is 6.04 Å². The number of rotatable bonds is 10. The number of aryl methyl sites for hydroxylation is 2. The molecule has 0 amide bonds. The van der Waals surface area contributed by atoms with E-state index in [1.807, 2.05) is 0 Å². The Balaban J connectivity index is 2.39. The van der Waals surface area contributed by atoms with Crippen molar-refractivity contribution < 1.29 is 9.84 Å². The van der Waals surface area contributed by atoms with Gasteiger partial charge in [-0.1, -0.05) is 19.9 Å². The van der Waals surface area contributed by atoms with Gasteiger partial charge in [-0.15, -0.1) is 0 Å². The highest BCUT2D eigenvalue weighted by Crippen LogP contribution is 2.16. The molecule has 3 heteroatoms. The second kappa shape index (κ2) is 9.80. The van der Waals surface area contributed by atoms with Crippen molar-refractivity contribution in [2.75, 3.05) is 26.3 Å². The molecule has 21 heavy (non-hydrogen) atoms. The summed E-state index contributed by atoms with van der Waals surface area (Å²) in [6, 6.07) is 6.89. The quantitative estimate of drug-likeness (QED) is 0.670. The number of hydrogen-bond acceptors (Lipinski definition) is 3. The zero-order valence-corrected chi connectivity index (χ0v) is 14.1. The van der Waals surface area contributed by atoms with E-state index in [1.165, 1.54) is 11.1 Å². The number of ether oxygens (including phenoxy) is 1. The predicted octanol–water partition coefficient (Wildman–Crippen LogP) is 3.56. The van der Waals surface area contributed by atoms with E-state index in [1.54, 1.807) is 0 Å². The van der Waals surface area contributed by atoms with Crippen LogP contribution < -0.4 is 4.74 Å². The average molecular weight is 293 g/mol. The Morgan fingerprint density at radius 1 is 1.05 bits per heavy atom. The van der Waals surface area contributed by atoms with Crippen LogP contribution in [0.4, 0.5) is 0 Å². The highest BCUT2D eigenvalue weighted by molar-refractivity contribution is 5.32. The third-order valence-electron chi connectivity index (χ3n) is 3.90. The van der Waals surface area contributed by atoms with Crippen LogP contribution in [0.15, 0.2) is 18.2 Å². The maximum Gasteiger partial charge on any atom is 0.119 e. The Morgan fingerprint density at radius 2 is 1.67 bits per heavy atom. The largest absolute Gasteiger partial charge is 0.494 e. The molecule has 0 spiro atoms. The number of hydrogen-bond donors (Lipinski definition) is 1. The maximum absolute atomic E-state index is 9.20. The molecule has 120 valence electrons. The van der Waals surface area contributed by atoms with Gasteiger partial charge in [0.1, 0.15) is 5.75 Å². The van der Waals surface area contributed by atoms with Gasteiger partial charge in [-0.05, 0) is 56.4 Å². The average Bonchev–Trinajstić information content (AvgIpc) is 2.43. The molecule has 0 aliphatic rings. The van der Waals surface area contributed by atoms with Crippen molar-refractivity contribution in [3.05, 3.63) is 29.3 Å². The molecule has 3 nitrogen and oxygen atoms in total. The highest BCUT2D eigenvalue weighted by atomic mass is 16.5. The van der Waals surface area contributed by atoms with Crippen LogP contribution in [0.3, 0.4) is 0 Å². The van der Waals surface area contributed by atoms with E-state index in [9.17, 15) is 5.11 Å². The Labute approximate surface area is 129 Å². The summed E-state index contributed by atoms with van der Waals surface area (Å²) in [4.78, 5) is 2.38. The fourth-order valence-electron chi connectivity index (χ4n) is 2.88. The highest BCUT2D eigenvalue weighted by Gasteiger charge is 2.13. The summed E-state index contributed by atoms with van der Waals surface area (Å²) in [6.45, 7) is 11.3. The molecule has 0 saturated heterocycles. The molecular formula is C18H31NO2. The molecule has 0 aromatic heterocycles. The van der Waals surface area contributed by atoms with Gasteiger partial charge in [0.25, 0.3) is 0 Å². The molecule has 0 radical (unpaired) electrons. The number of aliphatic hydroxyl groups excluding tert-OH is 1. The molecule has 0 bridgehead atoms. The van der Waals surface area contributed by atoms with Crippen LogP contribution in [0.1, 0.15) is 44.2 Å². The fourth-order valence-corrected chi connectivity index (χ4v) is 2.88.